The van der Waals surface area contributed by atoms with Gasteiger partial charge in [-0.05, 0) is 16.0 Å². The number of aromatic nitrogens is 4. The highest BCUT2D eigenvalue weighted by Crippen LogP contribution is 2.40. The molecule has 1 amide bonds. The van der Waals surface area contributed by atoms with Gasteiger partial charge in [0.15, 0.2) is 5.82 Å². The van der Waals surface area contributed by atoms with E-state index >= 15 is 0 Å². The molecule has 12 heteroatoms. The maximum Gasteiger partial charge on any atom is 0.352 e. The lowest BCUT2D eigenvalue weighted by molar-refractivity contribution is -0.148. The van der Waals surface area contributed by atoms with Gasteiger partial charge in [0.05, 0.1) is 0 Å². The van der Waals surface area contributed by atoms with Crippen molar-refractivity contribution in [2.24, 2.45) is 5.73 Å². The number of β-lactam (4-membered cyclic amide) rings is 1. The molecular formula is C11H12N6O5S. The van der Waals surface area contributed by atoms with Gasteiger partial charge < -0.3 is 15.9 Å². The number of carbonyl (C=O) groups excluding carboxylic acids is 1. The van der Waals surface area contributed by atoms with E-state index in [1.807, 2.05) is 0 Å². The number of rotatable bonds is 5. The second-order valence-corrected chi connectivity index (χ2v) is 6.12. The molecule has 0 aliphatic carbocycles. The fraction of sp³-hybridized carbons (Fsp3) is 0.455. The van der Waals surface area contributed by atoms with Crippen LogP contribution in [0.15, 0.2) is 11.3 Å². The van der Waals surface area contributed by atoms with E-state index in [1.165, 1.54) is 16.7 Å². The SMILES string of the molecule is NC1C(=O)N2C(C(=O)O)=C(Cc3nnnn3CC(=O)O)CS[C@H]12. The Morgan fingerprint density at radius 2 is 2.13 bits per heavy atom. The molecule has 0 spiro atoms. The summed E-state index contributed by atoms with van der Waals surface area (Å²) in [7, 11) is 0. The molecule has 4 N–H and O–H groups in total. The third kappa shape index (κ3) is 2.55. The van der Waals surface area contributed by atoms with Gasteiger partial charge in [0.2, 0.25) is 5.91 Å². The van der Waals surface area contributed by atoms with Crippen molar-refractivity contribution in [2.45, 2.75) is 24.4 Å². The van der Waals surface area contributed by atoms with Crippen molar-refractivity contribution in [1.82, 2.24) is 25.1 Å². The summed E-state index contributed by atoms with van der Waals surface area (Å²) in [4.78, 5) is 35.3. The van der Waals surface area contributed by atoms with Crippen molar-refractivity contribution >= 4 is 29.6 Å². The van der Waals surface area contributed by atoms with Gasteiger partial charge in [-0.15, -0.1) is 16.9 Å². The van der Waals surface area contributed by atoms with Crippen molar-refractivity contribution < 1.29 is 24.6 Å². The molecule has 2 aliphatic heterocycles. The van der Waals surface area contributed by atoms with Crippen molar-refractivity contribution in [3.63, 3.8) is 0 Å². The predicted molar refractivity (Wildman–Crippen MR) is 74.9 cm³/mol. The molecule has 2 atom stereocenters. The van der Waals surface area contributed by atoms with Gasteiger partial charge in [-0.1, -0.05) is 0 Å². The molecule has 0 radical (unpaired) electrons. The minimum atomic E-state index is -1.23. The number of hydrogen-bond donors (Lipinski definition) is 3. The Kier molecular flexibility index (Phi) is 3.77. The van der Waals surface area contributed by atoms with Crippen molar-refractivity contribution in [3.8, 4) is 0 Å². The first-order chi connectivity index (χ1) is 10.9. The quantitative estimate of drug-likeness (QED) is 0.505. The second kappa shape index (κ2) is 5.62. The molecule has 1 fully saturated rings. The smallest absolute Gasteiger partial charge is 0.352 e. The Morgan fingerprint density at radius 1 is 1.39 bits per heavy atom. The predicted octanol–water partition coefficient (Wildman–Crippen LogP) is -2.12. The molecule has 2 aliphatic rings. The highest BCUT2D eigenvalue weighted by molar-refractivity contribution is 8.00. The van der Waals surface area contributed by atoms with E-state index in [9.17, 15) is 19.5 Å². The van der Waals surface area contributed by atoms with E-state index in [2.05, 4.69) is 15.5 Å². The van der Waals surface area contributed by atoms with Crippen LogP contribution in [-0.4, -0.2) is 70.3 Å². The summed E-state index contributed by atoms with van der Waals surface area (Å²) >= 11 is 1.36. The molecule has 1 aromatic heterocycles. The van der Waals surface area contributed by atoms with Gasteiger partial charge in [0, 0.05) is 12.2 Å². The number of hydrogen-bond acceptors (Lipinski definition) is 8. The number of carboxylic acids is 2. The Labute approximate surface area is 133 Å². The molecule has 3 heterocycles. The molecule has 0 bridgehead atoms. The first-order valence-electron chi connectivity index (χ1n) is 6.52. The standard InChI is InChI=1S/C11H12N6O5S/c12-7-9(20)17-8(11(21)22)4(3-23-10(7)17)1-5-13-14-15-16(5)2-6(18)19/h7,10H,1-3,12H2,(H,18,19)(H,21,22)/t7?,10-/m1/s1. The minimum Gasteiger partial charge on any atom is -0.480 e. The van der Waals surface area contributed by atoms with Crippen molar-refractivity contribution in [2.75, 3.05) is 5.75 Å². The van der Waals surface area contributed by atoms with E-state index in [1.54, 1.807) is 0 Å². The number of fused-ring (bicyclic) bond motifs is 1. The number of amides is 1. The van der Waals surface area contributed by atoms with E-state index in [-0.39, 0.29) is 23.3 Å². The molecule has 3 rings (SSSR count). The van der Waals surface area contributed by atoms with Crippen LogP contribution in [0.2, 0.25) is 0 Å². The Hall–Kier alpha value is -2.47. The number of thioether (sulfide) groups is 1. The largest absolute Gasteiger partial charge is 0.480 e. The van der Waals surface area contributed by atoms with Crippen LogP contribution < -0.4 is 5.73 Å². The molecule has 122 valence electrons. The van der Waals surface area contributed by atoms with Crippen LogP contribution in [0.1, 0.15) is 5.82 Å². The van der Waals surface area contributed by atoms with Gasteiger partial charge in [-0.3, -0.25) is 14.5 Å². The summed E-state index contributed by atoms with van der Waals surface area (Å²) in [6.07, 6.45) is 0.0423. The van der Waals surface area contributed by atoms with E-state index < -0.39 is 30.4 Å². The van der Waals surface area contributed by atoms with Gasteiger partial charge >= 0.3 is 11.9 Å². The highest BCUT2D eigenvalue weighted by atomic mass is 32.2. The average Bonchev–Trinajstić information content (AvgIpc) is 2.92. The summed E-state index contributed by atoms with van der Waals surface area (Å²) in [6, 6.07) is -0.701. The fourth-order valence-corrected chi connectivity index (χ4v) is 3.80. The van der Waals surface area contributed by atoms with Crippen LogP contribution in [0.5, 0.6) is 0 Å². The molecule has 23 heavy (non-hydrogen) atoms. The van der Waals surface area contributed by atoms with Crippen molar-refractivity contribution in [1.29, 1.82) is 0 Å². The van der Waals surface area contributed by atoms with E-state index in [0.29, 0.717) is 11.3 Å². The molecule has 1 unspecified atom stereocenters. The number of nitrogens with two attached hydrogens (primary N) is 1. The lowest BCUT2D eigenvalue weighted by Gasteiger charge is -2.48. The Morgan fingerprint density at radius 3 is 2.78 bits per heavy atom. The third-order valence-electron chi connectivity index (χ3n) is 3.55. The van der Waals surface area contributed by atoms with Gasteiger partial charge in [-0.2, -0.15) is 0 Å². The number of tetrazole rings is 1. The van der Waals surface area contributed by atoms with Crippen LogP contribution in [0, 0.1) is 0 Å². The molecule has 11 nitrogen and oxygen atoms in total. The van der Waals surface area contributed by atoms with Crippen LogP contribution in [0.25, 0.3) is 0 Å². The Balaban J connectivity index is 1.91. The number of carboxylic acid groups (broad SMARTS) is 2. The number of nitrogens with zero attached hydrogens (tertiary/aromatic N) is 5. The van der Waals surface area contributed by atoms with Crippen LogP contribution in [-0.2, 0) is 27.3 Å². The van der Waals surface area contributed by atoms with Gasteiger partial charge in [0.1, 0.15) is 23.7 Å². The Bertz CT molecular complexity index is 730. The lowest BCUT2D eigenvalue weighted by Crippen LogP contribution is -2.68. The van der Waals surface area contributed by atoms with Crippen LogP contribution in [0.4, 0.5) is 0 Å². The topological polar surface area (TPSA) is 165 Å². The molecule has 1 saturated heterocycles. The average molecular weight is 340 g/mol. The van der Waals surface area contributed by atoms with Gasteiger partial charge in [0.25, 0.3) is 0 Å². The van der Waals surface area contributed by atoms with Crippen molar-refractivity contribution in [3.05, 3.63) is 17.1 Å². The van der Waals surface area contributed by atoms with E-state index in [4.69, 9.17) is 10.8 Å². The normalized spacial score (nSPS) is 23.5. The summed E-state index contributed by atoms with van der Waals surface area (Å²) in [6.45, 7) is -0.429. The molecule has 1 aromatic rings. The first-order valence-corrected chi connectivity index (χ1v) is 7.57. The maximum absolute atomic E-state index is 11.8. The zero-order valence-electron chi connectivity index (χ0n) is 11.6. The maximum atomic E-state index is 11.8. The summed E-state index contributed by atoms with van der Waals surface area (Å²) in [5.41, 5.74) is 5.99. The highest BCUT2D eigenvalue weighted by Gasteiger charge is 2.51. The van der Waals surface area contributed by atoms with Gasteiger partial charge in [-0.25, -0.2) is 9.48 Å². The second-order valence-electron chi connectivity index (χ2n) is 5.02. The van der Waals surface area contributed by atoms with Crippen LogP contribution >= 0.6 is 11.8 Å². The summed E-state index contributed by atoms with van der Waals surface area (Å²) in [5, 5.41) is 28.6. The monoisotopic (exact) mass is 340 g/mol. The fourth-order valence-electron chi connectivity index (χ4n) is 2.51. The lowest BCUT2D eigenvalue weighted by atomic mass is 10.0. The molecular weight excluding hydrogens is 328 g/mol. The molecule has 0 aromatic carbocycles. The van der Waals surface area contributed by atoms with E-state index in [0.717, 1.165) is 4.68 Å². The minimum absolute atomic E-state index is 0.0423. The third-order valence-corrected chi connectivity index (χ3v) is 4.91. The zero-order chi connectivity index (χ0) is 16.7. The first kappa shape index (κ1) is 15.4. The summed E-state index contributed by atoms with van der Waals surface area (Å²) < 4.78 is 1.08. The number of carbonyl (C=O) groups is 3. The van der Waals surface area contributed by atoms with Crippen LogP contribution in [0.3, 0.4) is 0 Å². The summed E-state index contributed by atoms with van der Waals surface area (Å²) in [5.74, 6) is -2.22. The zero-order valence-corrected chi connectivity index (χ0v) is 12.4. The number of aliphatic carboxylic acids is 2. The molecule has 0 saturated carbocycles.